The molecule has 0 unspecified atom stereocenters. The van der Waals surface area contributed by atoms with Gasteiger partial charge in [0.1, 0.15) is 5.82 Å². The van der Waals surface area contributed by atoms with Gasteiger partial charge in [0.25, 0.3) is 5.89 Å². The number of fused-ring (bicyclic) bond motifs is 1. The van der Waals surface area contributed by atoms with Crippen LogP contribution in [-0.2, 0) is 46.1 Å². The highest BCUT2D eigenvalue weighted by molar-refractivity contribution is 7.89. The fraction of sp³-hybridized carbons (Fsp3) is 0.444. The van der Waals surface area contributed by atoms with Gasteiger partial charge in [0.05, 0.1) is 22.3 Å². The molecule has 10 nitrogen and oxygen atoms in total. The lowest BCUT2D eigenvalue weighted by molar-refractivity contribution is -0.145. The lowest BCUT2D eigenvalue weighted by Crippen LogP contribution is -2.22. The van der Waals surface area contributed by atoms with Gasteiger partial charge in [-0.05, 0) is 18.2 Å². The van der Waals surface area contributed by atoms with Crippen LogP contribution in [0.1, 0.15) is 30.9 Å². The zero-order valence-corrected chi connectivity index (χ0v) is 17.6. The Kier molecular flexibility index (Phi) is 5.99. The van der Waals surface area contributed by atoms with Crippen molar-refractivity contribution in [3.05, 3.63) is 35.7 Å². The summed E-state index contributed by atoms with van der Waals surface area (Å²) in [4.78, 5) is 20.8. The molecule has 1 aromatic carbocycles. The van der Waals surface area contributed by atoms with E-state index in [1.165, 1.54) is 20.2 Å². The molecule has 0 radical (unpaired) electrons. The second kappa shape index (κ2) is 8.29. The molecule has 3 rings (SSSR count). The molecule has 2 heterocycles. The van der Waals surface area contributed by atoms with Crippen molar-refractivity contribution in [1.29, 1.82) is 0 Å². The van der Waals surface area contributed by atoms with Crippen LogP contribution in [0.4, 0.5) is 0 Å². The van der Waals surface area contributed by atoms with Gasteiger partial charge in [-0.3, -0.25) is 4.79 Å². The molecule has 0 N–H and O–H groups in total. The molecule has 0 saturated carbocycles. The number of esters is 1. The number of ether oxygens (including phenoxy) is 1. The Morgan fingerprint density at radius 3 is 2.69 bits per heavy atom. The molecule has 0 aliphatic heterocycles. The highest BCUT2D eigenvalue weighted by atomic mass is 32.2. The van der Waals surface area contributed by atoms with Crippen molar-refractivity contribution in [1.82, 2.24) is 24.0 Å². The van der Waals surface area contributed by atoms with Crippen molar-refractivity contribution in [2.24, 2.45) is 7.05 Å². The van der Waals surface area contributed by atoms with Gasteiger partial charge in [0.15, 0.2) is 12.4 Å². The van der Waals surface area contributed by atoms with Crippen molar-refractivity contribution in [2.75, 3.05) is 14.1 Å². The van der Waals surface area contributed by atoms with Gasteiger partial charge in [0.2, 0.25) is 10.0 Å². The van der Waals surface area contributed by atoms with Gasteiger partial charge in [-0.2, -0.15) is 4.98 Å². The number of sulfonamides is 1. The standard InChI is InChI=1S/C18H23N5O5S/c1-5-15-20-17(28-21-15)11-27-18(24)9-8-16-19-13-10-12(29(25,26)22(2)3)6-7-14(13)23(16)4/h6-7,10H,5,8-9,11H2,1-4H3. The van der Waals surface area contributed by atoms with Crippen molar-refractivity contribution in [2.45, 2.75) is 37.7 Å². The number of nitrogens with zero attached hydrogens (tertiary/aromatic N) is 5. The number of imidazole rings is 1. The Labute approximate surface area is 168 Å². The zero-order chi connectivity index (χ0) is 21.2. The zero-order valence-electron chi connectivity index (χ0n) is 16.7. The largest absolute Gasteiger partial charge is 0.456 e. The van der Waals surface area contributed by atoms with Crippen LogP contribution in [0.25, 0.3) is 11.0 Å². The Hall–Kier alpha value is -2.79. The van der Waals surface area contributed by atoms with E-state index >= 15 is 0 Å². The van der Waals surface area contributed by atoms with E-state index in [0.29, 0.717) is 30.0 Å². The first kappa shape index (κ1) is 20.9. The smallest absolute Gasteiger partial charge is 0.306 e. The molecule has 0 spiro atoms. The number of hydrogen-bond donors (Lipinski definition) is 0. The Morgan fingerprint density at radius 1 is 1.28 bits per heavy atom. The maximum absolute atomic E-state index is 12.3. The third-order valence-corrected chi connectivity index (χ3v) is 6.27. The third kappa shape index (κ3) is 4.46. The molecule has 0 aliphatic carbocycles. The molecule has 0 fully saturated rings. The normalized spacial score (nSPS) is 12.0. The van der Waals surface area contributed by atoms with Crippen LogP contribution in [-0.4, -0.2) is 52.5 Å². The van der Waals surface area contributed by atoms with Crippen LogP contribution >= 0.6 is 0 Å². The Bertz CT molecular complexity index is 1130. The fourth-order valence-corrected chi connectivity index (χ4v) is 3.67. The number of carbonyl (C=O) groups excluding carboxylic acids is 1. The minimum atomic E-state index is -3.54. The Morgan fingerprint density at radius 2 is 2.03 bits per heavy atom. The molecule has 29 heavy (non-hydrogen) atoms. The minimum absolute atomic E-state index is 0.0693. The first-order valence-electron chi connectivity index (χ1n) is 9.07. The van der Waals surface area contributed by atoms with Crippen molar-refractivity contribution < 1.29 is 22.5 Å². The van der Waals surface area contributed by atoms with Crippen LogP contribution in [0.5, 0.6) is 0 Å². The molecule has 0 saturated heterocycles. The molecule has 11 heteroatoms. The van der Waals surface area contributed by atoms with Crippen molar-refractivity contribution in [3.63, 3.8) is 0 Å². The third-order valence-electron chi connectivity index (χ3n) is 4.46. The van der Waals surface area contributed by atoms with Crippen LogP contribution < -0.4 is 0 Å². The van der Waals surface area contributed by atoms with E-state index in [1.807, 2.05) is 18.5 Å². The first-order valence-corrected chi connectivity index (χ1v) is 10.5. The summed E-state index contributed by atoms with van der Waals surface area (Å²) < 4.78 is 37.7. The van der Waals surface area contributed by atoms with E-state index in [4.69, 9.17) is 9.26 Å². The molecule has 3 aromatic rings. The van der Waals surface area contributed by atoms with Gasteiger partial charge in [-0.1, -0.05) is 12.1 Å². The molecule has 0 aliphatic rings. The minimum Gasteiger partial charge on any atom is -0.456 e. The Balaban J connectivity index is 1.66. The molecule has 0 amide bonds. The molecule has 0 bridgehead atoms. The molecular formula is C18H23N5O5S. The molecule has 0 atom stereocenters. The van der Waals surface area contributed by atoms with Gasteiger partial charge < -0.3 is 13.8 Å². The van der Waals surface area contributed by atoms with Crippen LogP contribution in [0.2, 0.25) is 0 Å². The van der Waals surface area contributed by atoms with Gasteiger partial charge in [-0.15, -0.1) is 0 Å². The lowest BCUT2D eigenvalue weighted by Gasteiger charge is -2.10. The first-order chi connectivity index (χ1) is 13.7. The van der Waals surface area contributed by atoms with E-state index in [9.17, 15) is 13.2 Å². The summed E-state index contributed by atoms with van der Waals surface area (Å²) in [6, 6.07) is 4.79. The van der Waals surface area contributed by atoms with Crippen LogP contribution in [0.3, 0.4) is 0 Å². The summed E-state index contributed by atoms with van der Waals surface area (Å²) in [6.07, 6.45) is 1.11. The number of hydrogen-bond acceptors (Lipinski definition) is 8. The van der Waals surface area contributed by atoms with Crippen molar-refractivity contribution >= 4 is 27.0 Å². The maximum atomic E-state index is 12.3. The van der Waals surface area contributed by atoms with E-state index in [1.54, 1.807) is 12.1 Å². The monoisotopic (exact) mass is 421 g/mol. The number of aromatic nitrogens is 4. The van der Waals surface area contributed by atoms with E-state index in [-0.39, 0.29) is 23.8 Å². The number of benzene rings is 1. The molecular weight excluding hydrogens is 398 g/mol. The SMILES string of the molecule is CCc1noc(COC(=O)CCc2nc3cc(S(=O)(=O)N(C)C)ccc3n2C)n1. The topological polar surface area (TPSA) is 120 Å². The second-order valence-corrected chi connectivity index (χ2v) is 8.80. The summed E-state index contributed by atoms with van der Waals surface area (Å²) in [7, 11) is 1.24. The number of carbonyl (C=O) groups is 1. The summed E-state index contributed by atoms with van der Waals surface area (Å²) in [5.41, 5.74) is 1.33. The quantitative estimate of drug-likeness (QED) is 0.501. The summed E-state index contributed by atoms with van der Waals surface area (Å²) in [5.74, 6) is 1.06. The highest BCUT2D eigenvalue weighted by Gasteiger charge is 2.19. The van der Waals surface area contributed by atoms with Gasteiger partial charge in [-0.25, -0.2) is 17.7 Å². The van der Waals surface area contributed by atoms with Crippen molar-refractivity contribution in [3.8, 4) is 0 Å². The number of rotatable bonds is 8. The van der Waals surface area contributed by atoms with Crippen LogP contribution in [0, 0.1) is 0 Å². The average molecular weight is 421 g/mol. The maximum Gasteiger partial charge on any atom is 0.306 e. The highest BCUT2D eigenvalue weighted by Crippen LogP contribution is 2.22. The average Bonchev–Trinajstić information content (AvgIpc) is 3.28. The summed E-state index contributed by atoms with van der Waals surface area (Å²) >= 11 is 0. The lowest BCUT2D eigenvalue weighted by atomic mass is 10.3. The number of aryl methyl sites for hydroxylation is 3. The van der Waals surface area contributed by atoms with Gasteiger partial charge >= 0.3 is 5.97 Å². The second-order valence-electron chi connectivity index (χ2n) is 6.64. The molecule has 2 aromatic heterocycles. The molecule has 156 valence electrons. The fourth-order valence-electron chi connectivity index (χ4n) is 2.75. The van der Waals surface area contributed by atoms with E-state index in [0.717, 1.165) is 9.82 Å². The predicted molar refractivity (Wildman–Crippen MR) is 103 cm³/mol. The predicted octanol–water partition coefficient (Wildman–Crippen LogP) is 1.44. The van der Waals surface area contributed by atoms with E-state index in [2.05, 4.69) is 15.1 Å². The summed E-state index contributed by atoms with van der Waals surface area (Å²) in [5, 5.41) is 3.74. The summed E-state index contributed by atoms with van der Waals surface area (Å²) in [6.45, 7) is 1.83. The van der Waals surface area contributed by atoms with E-state index < -0.39 is 16.0 Å². The van der Waals surface area contributed by atoms with Crippen LogP contribution in [0.15, 0.2) is 27.6 Å². The van der Waals surface area contributed by atoms with Gasteiger partial charge in [0, 0.05) is 34.0 Å².